The largest absolute Gasteiger partial charge is 0.416 e. The van der Waals surface area contributed by atoms with Gasteiger partial charge < -0.3 is 5.73 Å². The molecule has 1 aromatic carbocycles. The number of likely N-dealkylation sites (tertiary alicyclic amines) is 1. The average Bonchev–Trinajstić information content (AvgIpc) is 3.57. The molecule has 1 saturated heterocycles. The van der Waals surface area contributed by atoms with Gasteiger partial charge in [-0.05, 0) is 50.6 Å². The van der Waals surface area contributed by atoms with E-state index in [1.54, 1.807) is 24.4 Å². The maximum atomic E-state index is 13.2. The highest BCUT2D eigenvalue weighted by Gasteiger charge is 2.32. The lowest BCUT2D eigenvalue weighted by atomic mass is 10.1. The van der Waals surface area contributed by atoms with Crippen molar-refractivity contribution in [3.63, 3.8) is 0 Å². The summed E-state index contributed by atoms with van der Waals surface area (Å²) in [6.45, 7) is 3.37. The Labute approximate surface area is 226 Å². The second-order valence-electron chi connectivity index (χ2n) is 9.46. The molecule has 0 aliphatic carbocycles. The molecule has 1 atom stereocenters. The Kier molecular flexibility index (Phi) is 6.23. The van der Waals surface area contributed by atoms with E-state index in [0.29, 0.717) is 34.7 Å². The molecule has 1 aliphatic heterocycles. The van der Waals surface area contributed by atoms with Crippen LogP contribution in [0.4, 0.5) is 19.0 Å². The minimum absolute atomic E-state index is 0.0506. The lowest BCUT2D eigenvalue weighted by Crippen LogP contribution is -2.25. The van der Waals surface area contributed by atoms with Crippen LogP contribution in [0.2, 0.25) is 0 Å². The van der Waals surface area contributed by atoms with Gasteiger partial charge in [0.15, 0.2) is 0 Å². The molecule has 0 saturated carbocycles. The molecule has 0 amide bonds. The summed E-state index contributed by atoms with van der Waals surface area (Å²) in [7, 11) is 0. The Morgan fingerprint density at radius 2 is 1.98 bits per heavy atom. The zero-order valence-electron chi connectivity index (χ0n) is 21.4. The minimum atomic E-state index is -4.57. The first-order valence-corrected chi connectivity index (χ1v) is 12.6. The number of aromatic nitrogens is 6. The van der Waals surface area contributed by atoms with Gasteiger partial charge >= 0.3 is 6.18 Å². The smallest absolute Gasteiger partial charge is 0.382 e. The summed E-state index contributed by atoms with van der Waals surface area (Å²) in [6.07, 6.45) is 3.03. The van der Waals surface area contributed by atoms with Crippen LogP contribution in [0, 0.1) is 11.8 Å². The highest BCUT2D eigenvalue weighted by molar-refractivity contribution is 5.90. The van der Waals surface area contributed by atoms with E-state index in [4.69, 9.17) is 10.7 Å². The second-order valence-corrected chi connectivity index (χ2v) is 9.46. The Morgan fingerprint density at radius 3 is 2.77 bits per heavy atom. The molecule has 0 radical (unpaired) electrons. The van der Waals surface area contributed by atoms with Gasteiger partial charge in [-0.2, -0.15) is 13.2 Å². The van der Waals surface area contributed by atoms with E-state index in [1.165, 1.54) is 6.33 Å². The van der Waals surface area contributed by atoms with Crippen LogP contribution in [0.3, 0.4) is 0 Å². The van der Waals surface area contributed by atoms with Crippen LogP contribution in [0.15, 0.2) is 60.0 Å². The summed E-state index contributed by atoms with van der Waals surface area (Å²) in [5, 5.41) is 0.223. The number of benzene rings is 1. The number of anilines is 1. The van der Waals surface area contributed by atoms with E-state index in [9.17, 15) is 18.0 Å². The van der Waals surface area contributed by atoms with E-state index in [2.05, 4.69) is 31.7 Å². The molecular formula is C28H23F3N8O. The Balaban J connectivity index is 1.45. The van der Waals surface area contributed by atoms with Crippen LogP contribution >= 0.6 is 0 Å². The van der Waals surface area contributed by atoms with Crippen LogP contribution < -0.4 is 11.3 Å². The second kappa shape index (κ2) is 9.77. The Bertz CT molecular complexity index is 1880. The van der Waals surface area contributed by atoms with Crippen molar-refractivity contribution in [2.75, 3.05) is 18.8 Å². The third kappa shape index (κ3) is 4.34. The van der Waals surface area contributed by atoms with Crippen LogP contribution in [-0.4, -0.2) is 46.9 Å². The van der Waals surface area contributed by atoms with Crippen molar-refractivity contribution in [1.82, 2.24) is 33.8 Å². The molecule has 9 nitrogen and oxygen atoms in total. The summed E-state index contributed by atoms with van der Waals surface area (Å²) >= 11 is 0. The predicted molar refractivity (Wildman–Crippen MR) is 144 cm³/mol. The standard InChI is InChI=1S/C28H23F3N8O/c1-2-3-11-37-12-4-5-21(37)26-36-23(24-25(32)34-10-13-38(24)26)17-6-7-19-20(14-17)35-16-39(27(19)40)22-15-18(8-9-33-22)28(29,30)31/h6-10,13-16,21H,4-5,11-12H2,1H3,(H2,32,34). The number of nitrogens with two attached hydrogens (primary N) is 1. The lowest BCUT2D eigenvalue weighted by molar-refractivity contribution is -0.137. The van der Waals surface area contributed by atoms with Crippen molar-refractivity contribution in [2.24, 2.45) is 0 Å². The molecule has 5 aromatic rings. The predicted octanol–water partition coefficient (Wildman–Crippen LogP) is 4.25. The van der Waals surface area contributed by atoms with E-state index in [-0.39, 0.29) is 17.2 Å². The number of pyridine rings is 1. The molecule has 1 unspecified atom stereocenters. The SMILES string of the molecule is CC#CCN1CCCC1c1nc(-c2ccc3c(=O)n(-c4cc(C(F)(F)F)ccn4)cnc3c2)c2c(N)nccn12. The van der Waals surface area contributed by atoms with E-state index in [0.717, 1.165) is 48.1 Å². The minimum Gasteiger partial charge on any atom is -0.382 e. The molecule has 0 spiro atoms. The quantitative estimate of drug-likeness (QED) is 0.337. The van der Waals surface area contributed by atoms with Gasteiger partial charge in [0.25, 0.3) is 5.56 Å². The topological polar surface area (TPSA) is 107 Å². The summed E-state index contributed by atoms with van der Waals surface area (Å²) in [5.41, 5.74) is 7.15. The number of fused-ring (bicyclic) bond motifs is 2. The number of halogens is 3. The van der Waals surface area contributed by atoms with Crippen LogP contribution in [-0.2, 0) is 6.18 Å². The van der Waals surface area contributed by atoms with E-state index < -0.39 is 17.3 Å². The summed E-state index contributed by atoms with van der Waals surface area (Å²) < 4.78 is 42.5. The van der Waals surface area contributed by atoms with Crippen LogP contribution in [0.25, 0.3) is 33.5 Å². The maximum Gasteiger partial charge on any atom is 0.416 e. The Hall–Kier alpha value is -4.76. The van der Waals surface area contributed by atoms with Gasteiger partial charge in [-0.1, -0.05) is 12.0 Å². The monoisotopic (exact) mass is 544 g/mol. The van der Waals surface area contributed by atoms with Crippen LogP contribution in [0.5, 0.6) is 0 Å². The number of hydrogen-bond acceptors (Lipinski definition) is 7. The number of imidazole rings is 1. The molecular weight excluding hydrogens is 521 g/mol. The number of nitrogen functional groups attached to an aromatic ring is 1. The number of hydrogen-bond donors (Lipinski definition) is 1. The molecule has 1 fully saturated rings. The van der Waals surface area contributed by atoms with Crippen molar-refractivity contribution >= 4 is 22.2 Å². The van der Waals surface area contributed by atoms with Crippen molar-refractivity contribution in [3.8, 4) is 28.9 Å². The molecule has 5 heterocycles. The van der Waals surface area contributed by atoms with E-state index in [1.807, 2.05) is 17.5 Å². The first kappa shape index (κ1) is 25.5. The van der Waals surface area contributed by atoms with Crippen molar-refractivity contribution in [1.29, 1.82) is 0 Å². The number of alkyl halides is 3. The van der Waals surface area contributed by atoms with Gasteiger partial charge in [0, 0.05) is 24.2 Å². The summed E-state index contributed by atoms with van der Waals surface area (Å²) in [5.74, 6) is 7.06. The zero-order chi connectivity index (χ0) is 28.0. The van der Waals surface area contributed by atoms with Crippen LogP contribution in [0.1, 0.15) is 37.2 Å². The third-order valence-corrected chi connectivity index (χ3v) is 7.08. The van der Waals surface area contributed by atoms with Gasteiger partial charge in [0.05, 0.1) is 29.1 Å². The lowest BCUT2D eigenvalue weighted by Gasteiger charge is -2.21. The fourth-order valence-electron chi connectivity index (χ4n) is 5.17. The highest BCUT2D eigenvalue weighted by Crippen LogP contribution is 2.36. The summed E-state index contributed by atoms with van der Waals surface area (Å²) in [6, 6.07) is 6.74. The van der Waals surface area contributed by atoms with Gasteiger partial charge in [0.2, 0.25) is 0 Å². The normalized spacial score (nSPS) is 15.9. The molecule has 40 heavy (non-hydrogen) atoms. The Morgan fingerprint density at radius 1 is 1.12 bits per heavy atom. The third-order valence-electron chi connectivity index (χ3n) is 7.08. The average molecular weight is 545 g/mol. The molecule has 12 heteroatoms. The van der Waals surface area contributed by atoms with Crippen molar-refractivity contribution in [3.05, 3.63) is 77.0 Å². The van der Waals surface area contributed by atoms with Gasteiger partial charge in [-0.3, -0.25) is 18.7 Å². The highest BCUT2D eigenvalue weighted by atomic mass is 19.4. The van der Waals surface area contributed by atoms with E-state index >= 15 is 0 Å². The molecule has 0 bridgehead atoms. The van der Waals surface area contributed by atoms with Crippen molar-refractivity contribution < 1.29 is 13.2 Å². The van der Waals surface area contributed by atoms with Gasteiger partial charge in [-0.15, -0.1) is 5.92 Å². The van der Waals surface area contributed by atoms with Gasteiger partial charge in [0.1, 0.15) is 35.0 Å². The summed E-state index contributed by atoms with van der Waals surface area (Å²) in [4.78, 5) is 33.1. The zero-order valence-corrected chi connectivity index (χ0v) is 21.4. The number of rotatable bonds is 4. The molecule has 6 rings (SSSR count). The number of nitrogens with zero attached hydrogens (tertiary/aromatic N) is 7. The van der Waals surface area contributed by atoms with Crippen molar-refractivity contribution in [2.45, 2.75) is 32.0 Å². The maximum absolute atomic E-state index is 13.2. The molecule has 2 N–H and O–H groups in total. The molecule has 4 aromatic heterocycles. The first-order valence-electron chi connectivity index (χ1n) is 12.6. The fraction of sp³-hybridized carbons (Fsp3) is 0.250. The first-order chi connectivity index (χ1) is 19.3. The molecule has 202 valence electrons. The molecule has 1 aliphatic rings. The fourth-order valence-corrected chi connectivity index (χ4v) is 5.17. The van der Waals surface area contributed by atoms with Gasteiger partial charge in [-0.25, -0.2) is 19.9 Å².